The van der Waals surface area contributed by atoms with Gasteiger partial charge in [0.25, 0.3) is 0 Å². The van der Waals surface area contributed by atoms with E-state index in [-0.39, 0.29) is 12.5 Å². The Hall–Kier alpha value is -3.07. The standard InChI is InChI=1S/C28H41N3O5S/c1-5-6-17-31(21-23-15-12-19-37-23)25(32)24(30-27(34)36-28(2,3)4)16-10-11-18-35-26(33)29-20-22-13-8-7-9-14-22/h7-9,12-15,19,24H,5-6,10-11,16-18,20-21H2,1-4H3,(H,29,33)(H,30,34)/t24-/m0/s1. The third-order valence-corrected chi connectivity index (χ3v) is 6.27. The molecule has 204 valence electrons. The third kappa shape index (κ3) is 12.6. The van der Waals surface area contributed by atoms with Gasteiger partial charge in [-0.05, 0) is 63.5 Å². The molecule has 1 atom stereocenters. The van der Waals surface area contributed by atoms with Crippen molar-refractivity contribution in [2.45, 2.75) is 84.5 Å². The van der Waals surface area contributed by atoms with Crippen molar-refractivity contribution in [1.29, 1.82) is 0 Å². The van der Waals surface area contributed by atoms with E-state index in [2.05, 4.69) is 17.6 Å². The van der Waals surface area contributed by atoms with E-state index in [0.717, 1.165) is 23.3 Å². The lowest BCUT2D eigenvalue weighted by Gasteiger charge is -2.29. The molecule has 2 rings (SSSR count). The number of benzene rings is 1. The Kier molecular flexibility index (Phi) is 13.0. The lowest BCUT2D eigenvalue weighted by molar-refractivity contribution is -0.134. The predicted molar refractivity (Wildman–Crippen MR) is 146 cm³/mol. The molecule has 0 unspecified atom stereocenters. The van der Waals surface area contributed by atoms with Gasteiger partial charge in [0.15, 0.2) is 0 Å². The Labute approximate surface area is 224 Å². The molecular weight excluding hydrogens is 490 g/mol. The van der Waals surface area contributed by atoms with Crippen LogP contribution in [0.15, 0.2) is 47.8 Å². The van der Waals surface area contributed by atoms with Gasteiger partial charge >= 0.3 is 12.2 Å². The molecule has 1 aromatic heterocycles. The summed E-state index contributed by atoms with van der Waals surface area (Å²) >= 11 is 1.60. The average Bonchev–Trinajstić information content (AvgIpc) is 3.36. The summed E-state index contributed by atoms with van der Waals surface area (Å²) in [6, 6.07) is 12.8. The number of carbonyl (C=O) groups is 3. The molecule has 1 heterocycles. The van der Waals surface area contributed by atoms with Crippen molar-refractivity contribution < 1.29 is 23.9 Å². The SMILES string of the molecule is CCCCN(Cc1cccs1)C(=O)[C@H](CCCCOC(=O)NCc1ccccc1)NC(=O)OC(C)(C)C. The third-order valence-electron chi connectivity index (χ3n) is 5.41. The second-order valence-electron chi connectivity index (χ2n) is 9.86. The van der Waals surface area contributed by atoms with E-state index in [0.29, 0.717) is 38.9 Å². The Balaban J connectivity index is 1.90. The molecule has 0 aliphatic heterocycles. The zero-order chi connectivity index (χ0) is 27.1. The van der Waals surface area contributed by atoms with Gasteiger partial charge in [-0.2, -0.15) is 0 Å². The Morgan fingerprint density at radius 1 is 1.00 bits per heavy atom. The topological polar surface area (TPSA) is 97.0 Å². The van der Waals surface area contributed by atoms with Crippen molar-refractivity contribution in [3.63, 3.8) is 0 Å². The first kappa shape index (κ1) is 30.2. The van der Waals surface area contributed by atoms with Crippen LogP contribution in [0.4, 0.5) is 9.59 Å². The fourth-order valence-electron chi connectivity index (χ4n) is 3.57. The summed E-state index contributed by atoms with van der Waals surface area (Å²) in [6.45, 7) is 9.19. The molecular formula is C28H41N3O5S. The Morgan fingerprint density at radius 3 is 2.41 bits per heavy atom. The molecule has 0 aliphatic carbocycles. The maximum atomic E-state index is 13.5. The van der Waals surface area contributed by atoms with E-state index in [1.165, 1.54) is 0 Å². The molecule has 3 amide bonds. The van der Waals surface area contributed by atoms with Gasteiger partial charge in [0.2, 0.25) is 5.91 Å². The van der Waals surface area contributed by atoms with Crippen LogP contribution in [0.1, 0.15) is 70.2 Å². The first-order valence-corrected chi connectivity index (χ1v) is 13.8. The predicted octanol–water partition coefficient (Wildman–Crippen LogP) is 5.87. The normalized spacial score (nSPS) is 11.9. The van der Waals surface area contributed by atoms with Crippen LogP contribution in [0.5, 0.6) is 0 Å². The van der Waals surface area contributed by atoms with E-state index < -0.39 is 23.8 Å². The summed E-state index contributed by atoms with van der Waals surface area (Å²) in [6.07, 6.45) is 2.32. The highest BCUT2D eigenvalue weighted by Gasteiger charge is 2.28. The summed E-state index contributed by atoms with van der Waals surface area (Å²) in [5.41, 5.74) is 0.321. The molecule has 37 heavy (non-hydrogen) atoms. The molecule has 0 saturated heterocycles. The molecule has 0 spiro atoms. The fraction of sp³-hybridized carbons (Fsp3) is 0.536. The van der Waals surface area contributed by atoms with Gasteiger partial charge in [0.05, 0.1) is 13.2 Å². The smallest absolute Gasteiger partial charge is 0.408 e. The zero-order valence-electron chi connectivity index (χ0n) is 22.5. The van der Waals surface area contributed by atoms with Crippen LogP contribution < -0.4 is 10.6 Å². The summed E-state index contributed by atoms with van der Waals surface area (Å²) in [7, 11) is 0. The Morgan fingerprint density at radius 2 is 1.76 bits per heavy atom. The van der Waals surface area contributed by atoms with Gasteiger partial charge in [-0.1, -0.05) is 49.7 Å². The summed E-state index contributed by atoms with van der Waals surface area (Å²) in [4.78, 5) is 40.9. The average molecular weight is 532 g/mol. The molecule has 2 aromatic rings. The van der Waals surface area contributed by atoms with Crippen LogP contribution in [-0.4, -0.2) is 47.8 Å². The number of thiophene rings is 1. The van der Waals surface area contributed by atoms with Crippen molar-refractivity contribution in [3.05, 3.63) is 58.3 Å². The first-order valence-electron chi connectivity index (χ1n) is 12.9. The monoisotopic (exact) mass is 531 g/mol. The van der Waals surface area contributed by atoms with Gasteiger partial charge in [-0.15, -0.1) is 11.3 Å². The van der Waals surface area contributed by atoms with Crippen LogP contribution in [0.3, 0.4) is 0 Å². The van der Waals surface area contributed by atoms with E-state index in [9.17, 15) is 14.4 Å². The van der Waals surface area contributed by atoms with Crippen LogP contribution in [0.25, 0.3) is 0 Å². The van der Waals surface area contributed by atoms with Crippen LogP contribution >= 0.6 is 11.3 Å². The highest BCUT2D eigenvalue weighted by molar-refractivity contribution is 7.09. The molecule has 0 fully saturated rings. The number of hydrogen-bond donors (Lipinski definition) is 2. The molecule has 8 nitrogen and oxygen atoms in total. The van der Waals surface area contributed by atoms with Crippen LogP contribution in [0, 0.1) is 0 Å². The van der Waals surface area contributed by atoms with Crippen molar-refractivity contribution in [3.8, 4) is 0 Å². The van der Waals surface area contributed by atoms with Gasteiger partial charge in [0, 0.05) is 18.0 Å². The minimum absolute atomic E-state index is 0.130. The van der Waals surface area contributed by atoms with Gasteiger partial charge in [-0.3, -0.25) is 4.79 Å². The van der Waals surface area contributed by atoms with E-state index >= 15 is 0 Å². The lowest BCUT2D eigenvalue weighted by atomic mass is 10.1. The number of unbranched alkanes of at least 4 members (excludes halogenated alkanes) is 2. The van der Waals surface area contributed by atoms with Gasteiger partial charge in [0.1, 0.15) is 11.6 Å². The quantitative estimate of drug-likeness (QED) is 0.297. The summed E-state index contributed by atoms with van der Waals surface area (Å²) < 4.78 is 10.7. The number of carbonyl (C=O) groups excluding carboxylic acids is 3. The molecule has 9 heteroatoms. The minimum Gasteiger partial charge on any atom is -0.450 e. The lowest BCUT2D eigenvalue weighted by Crippen LogP contribution is -2.49. The minimum atomic E-state index is -0.724. The van der Waals surface area contributed by atoms with Gasteiger partial charge < -0.3 is 25.0 Å². The van der Waals surface area contributed by atoms with Crippen molar-refractivity contribution in [1.82, 2.24) is 15.5 Å². The second-order valence-corrected chi connectivity index (χ2v) is 10.9. The van der Waals surface area contributed by atoms with Crippen molar-refractivity contribution >= 4 is 29.4 Å². The number of nitrogens with one attached hydrogen (secondary N) is 2. The molecule has 2 N–H and O–H groups in total. The highest BCUT2D eigenvalue weighted by atomic mass is 32.1. The van der Waals surface area contributed by atoms with Crippen LogP contribution in [-0.2, 0) is 27.4 Å². The van der Waals surface area contributed by atoms with Crippen LogP contribution in [0.2, 0.25) is 0 Å². The maximum Gasteiger partial charge on any atom is 0.408 e. The molecule has 0 aliphatic rings. The van der Waals surface area contributed by atoms with E-state index in [1.54, 1.807) is 32.1 Å². The summed E-state index contributed by atoms with van der Waals surface area (Å²) in [5, 5.41) is 7.49. The van der Waals surface area contributed by atoms with Gasteiger partial charge in [-0.25, -0.2) is 9.59 Å². The molecule has 0 radical (unpaired) electrons. The number of rotatable bonds is 14. The fourth-order valence-corrected chi connectivity index (χ4v) is 4.29. The maximum absolute atomic E-state index is 13.5. The zero-order valence-corrected chi connectivity index (χ0v) is 23.3. The summed E-state index contributed by atoms with van der Waals surface area (Å²) in [5.74, 6) is -0.130. The van der Waals surface area contributed by atoms with Crippen molar-refractivity contribution in [2.75, 3.05) is 13.2 Å². The number of nitrogens with zero attached hydrogens (tertiary/aromatic N) is 1. The number of amides is 3. The second kappa shape index (κ2) is 15.9. The number of ether oxygens (including phenoxy) is 2. The molecule has 1 aromatic carbocycles. The van der Waals surface area contributed by atoms with Crippen molar-refractivity contribution in [2.24, 2.45) is 0 Å². The largest absolute Gasteiger partial charge is 0.450 e. The Bertz CT molecular complexity index is 944. The van der Waals surface area contributed by atoms with E-state index in [4.69, 9.17) is 9.47 Å². The highest BCUT2D eigenvalue weighted by Crippen LogP contribution is 2.16. The molecule has 0 saturated carbocycles. The number of hydrogen-bond acceptors (Lipinski definition) is 6. The van der Waals surface area contributed by atoms with E-state index in [1.807, 2.05) is 52.7 Å². The molecule has 0 bridgehead atoms. The first-order chi connectivity index (χ1) is 17.7. The number of alkyl carbamates (subject to hydrolysis) is 2.